The Hall–Kier alpha value is -0.370. The zero-order chi connectivity index (χ0) is 6.85. The molecule has 1 aliphatic rings. The molecule has 0 unspecified atom stereocenters. The number of carbonyl (C=O) groups is 1. The van der Waals surface area contributed by atoms with Gasteiger partial charge in [0.2, 0.25) is 0 Å². The third-order valence-corrected chi connectivity index (χ3v) is 1.91. The largest absolute Gasteiger partial charge is 0.370 e. The van der Waals surface area contributed by atoms with Crippen LogP contribution in [0.1, 0.15) is 20.3 Å². The van der Waals surface area contributed by atoms with Crippen LogP contribution in [-0.4, -0.2) is 18.5 Å². The van der Waals surface area contributed by atoms with Gasteiger partial charge in [-0.1, -0.05) is 13.8 Å². The second kappa shape index (κ2) is 2.48. The van der Waals surface area contributed by atoms with Crippen molar-refractivity contribution in [3.8, 4) is 0 Å². The molecule has 1 saturated heterocycles. The quantitative estimate of drug-likeness (QED) is 0.526. The van der Waals surface area contributed by atoms with Crippen molar-refractivity contribution < 1.29 is 9.53 Å². The molecular formula is C7H12O2. The topological polar surface area (TPSA) is 26.3 Å². The van der Waals surface area contributed by atoms with Gasteiger partial charge in [0.1, 0.15) is 6.61 Å². The van der Waals surface area contributed by atoms with E-state index < -0.39 is 0 Å². The van der Waals surface area contributed by atoms with Crippen LogP contribution in [0, 0.1) is 5.92 Å². The number of Topliss-reactive ketones (excluding diaryl/α,β-unsaturated/α-hetero) is 1. The van der Waals surface area contributed by atoms with E-state index in [2.05, 4.69) is 0 Å². The van der Waals surface area contributed by atoms with Crippen LogP contribution in [0.15, 0.2) is 0 Å². The van der Waals surface area contributed by atoms with Crippen LogP contribution in [0.25, 0.3) is 0 Å². The summed E-state index contributed by atoms with van der Waals surface area (Å²) in [5, 5.41) is 0. The molecule has 0 aromatic heterocycles. The fraction of sp³-hybridized carbons (Fsp3) is 0.857. The van der Waals surface area contributed by atoms with Gasteiger partial charge in [0.05, 0.1) is 6.10 Å². The molecular weight excluding hydrogens is 116 g/mol. The van der Waals surface area contributed by atoms with Crippen molar-refractivity contribution >= 4 is 5.78 Å². The Balaban J connectivity index is 2.51. The lowest BCUT2D eigenvalue weighted by Gasteiger charge is -2.08. The van der Waals surface area contributed by atoms with Crippen LogP contribution >= 0.6 is 0 Å². The molecule has 1 rings (SSSR count). The van der Waals surface area contributed by atoms with Gasteiger partial charge in [-0.05, 0) is 6.42 Å². The molecule has 2 heteroatoms. The maximum atomic E-state index is 10.8. The first-order valence-electron chi connectivity index (χ1n) is 3.40. The van der Waals surface area contributed by atoms with Crippen molar-refractivity contribution in [3.63, 3.8) is 0 Å². The van der Waals surface area contributed by atoms with E-state index >= 15 is 0 Å². The molecule has 0 aromatic rings. The molecule has 1 heterocycles. The second-order valence-electron chi connectivity index (χ2n) is 2.51. The normalized spacial score (nSPS) is 35.6. The van der Waals surface area contributed by atoms with Crippen LogP contribution in [0.3, 0.4) is 0 Å². The lowest BCUT2D eigenvalue weighted by Crippen LogP contribution is -2.15. The Kier molecular flexibility index (Phi) is 1.86. The molecule has 2 atom stereocenters. The molecule has 1 aliphatic heterocycles. The first kappa shape index (κ1) is 6.75. The predicted molar refractivity (Wildman–Crippen MR) is 34.2 cm³/mol. The number of carbonyl (C=O) groups excluding carboxylic acids is 1. The van der Waals surface area contributed by atoms with E-state index in [1.807, 2.05) is 13.8 Å². The van der Waals surface area contributed by atoms with Gasteiger partial charge in [0.25, 0.3) is 0 Å². The van der Waals surface area contributed by atoms with Crippen molar-refractivity contribution in [2.24, 2.45) is 5.92 Å². The van der Waals surface area contributed by atoms with Crippen molar-refractivity contribution in [1.29, 1.82) is 0 Å². The molecule has 0 amide bonds. The number of hydrogen-bond acceptors (Lipinski definition) is 2. The van der Waals surface area contributed by atoms with E-state index in [9.17, 15) is 4.79 Å². The van der Waals surface area contributed by atoms with Crippen LogP contribution in [0.4, 0.5) is 0 Å². The van der Waals surface area contributed by atoms with Gasteiger partial charge in [-0.25, -0.2) is 0 Å². The van der Waals surface area contributed by atoms with Gasteiger partial charge in [0.15, 0.2) is 5.78 Å². The summed E-state index contributed by atoms with van der Waals surface area (Å²) in [5.41, 5.74) is 0. The van der Waals surface area contributed by atoms with Crippen molar-refractivity contribution in [2.45, 2.75) is 26.4 Å². The van der Waals surface area contributed by atoms with E-state index in [0.29, 0.717) is 6.61 Å². The Bertz CT molecular complexity index is 120. The molecule has 0 aromatic carbocycles. The molecule has 0 radical (unpaired) electrons. The molecule has 0 aliphatic carbocycles. The molecule has 0 saturated carbocycles. The number of ether oxygens (including phenoxy) is 1. The third kappa shape index (κ3) is 1.13. The van der Waals surface area contributed by atoms with Gasteiger partial charge in [0, 0.05) is 5.92 Å². The molecule has 9 heavy (non-hydrogen) atoms. The summed E-state index contributed by atoms with van der Waals surface area (Å²) in [6.45, 7) is 4.31. The monoisotopic (exact) mass is 128 g/mol. The summed E-state index contributed by atoms with van der Waals surface area (Å²) in [7, 11) is 0. The van der Waals surface area contributed by atoms with Crippen molar-refractivity contribution in [2.75, 3.05) is 6.61 Å². The van der Waals surface area contributed by atoms with Gasteiger partial charge >= 0.3 is 0 Å². The highest BCUT2D eigenvalue weighted by Gasteiger charge is 2.29. The van der Waals surface area contributed by atoms with Gasteiger partial charge in [-0.15, -0.1) is 0 Å². The summed E-state index contributed by atoms with van der Waals surface area (Å²) < 4.78 is 5.18. The zero-order valence-corrected chi connectivity index (χ0v) is 5.89. The minimum absolute atomic E-state index is 0.134. The molecule has 0 N–H and O–H groups in total. The average Bonchev–Trinajstić information content (AvgIpc) is 2.15. The lowest BCUT2D eigenvalue weighted by molar-refractivity contribution is -0.120. The molecule has 0 spiro atoms. The van der Waals surface area contributed by atoms with E-state index in [-0.39, 0.29) is 17.8 Å². The van der Waals surface area contributed by atoms with E-state index in [1.165, 1.54) is 0 Å². The predicted octanol–water partition coefficient (Wildman–Crippen LogP) is 1.00. The van der Waals surface area contributed by atoms with Crippen molar-refractivity contribution in [1.82, 2.24) is 0 Å². The Labute approximate surface area is 55.2 Å². The highest BCUT2D eigenvalue weighted by Crippen LogP contribution is 2.18. The highest BCUT2D eigenvalue weighted by molar-refractivity contribution is 5.84. The zero-order valence-electron chi connectivity index (χ0n) is 5.89. The maximum Gasteiger partial charge on any atom is 0.163 e. The molecule has 2 nitrogen and oxygen atoms in total. The lowest BCUT2D eigenvalue weighted by atomic mass is 10.0. The van der Waals surface area contributed by atoms with Gasteiger partial charge < -0.3 is 4.74 Å². The number of rotatable bonds is 1. The average molecular weight is 128 g/mol. The van der Waals surface area contributed by atoms with Crippen LogP contribution in [0.2, 0.25) is 0 Å². The summed E-state index contributed by atoms with van der Waals surface area (Å²) in [6.07, 6.45) is 1.14. The summed E-state index contributed by atoms with van der Waals surface area (Å²) >= 11 is 0. The standard InChI is InChI=1S/C7H12O2/c1-3-7-5(2)6(8)4-9-7/h5,7H,3-4H2,1-2H3/t5-,7+/m1/s1. The first-order valence-corrected chi connectivity index (χ1v) is 3.40. The minimum Gasteiger partial charge on any atom is -0.370 e. The molecule has 52 valence electrons. The minimum atomic E-state index is 0.134. The van der Waals surface area contributed by atoms with Crippen LogP contribution < -0.4 is 0 Å². The fourth-order valence-electron chi connectivity index (χ4n) is 1.14. The summed E-state index contributed by atoms with van der Waals surface area (Å²) in [6, 6.07) is 0. The van der Waals surface area contributed by atoms with Crippen LogP contribution in [0.5, 0.6) is 0 Å². The van der Waals surface area contributed by atoms with E-state index in [0.717, 1.165) is 6.42 Å². The first-order chi connectivity index (χ1) is 4.25. The van der Waals surface area contributed by atoms with Gasteiger partial charge in [-0.2, -0.15) is 0 Å². The Morgan fingerprint density at radius 2 is 2.44 bits per heavy atom. The fourth-order valence-corrected chi connectivity index (χ4v) is 1.14. The van der Waals surface area contributed by atoms with Crippen LogP contribution in [-0.2, 0) is 9.53 Å². The number of hydrogen-bond donors (Lipinski definition) is 0. The summed E-state index contributed by atoms with van der Waals surface area (Å²) in [5.74, 6) is 0.386. The van der Waals surface area contributed by atoms with E-state index in [4.69, 9.17) is 4.74 Å². The number of ketones is 1. The summed E-state index contributed by atoms with van der Waals surface area (Å²) in [4.78, 5) is 10.8. The maximum absolute atomic E-state index is 10.8. The Morgan fingerprint density at radius 1 is 1.78 bits per heavy atom. The molecule has 0 bridgehead atoms. The van der Waals surface area contributed by atoms with E-state index in [1.54, 1.807) is 0 Å². The third-order valence-electron chi connectivity index (χ3n) is 1.91. The second-order valence-corrected chi connectivity index (χ2v) is 2.51. The Morgan fingerprint density at radius 3 is 2.67 bits per heavy atom. The molecule has 1 fully saturated rings. The highest BCUT2D eigenvalue weighted by atomic mass is 16.5. The smallest absolute Gasteiger partial charge is 0.163 e. The van der Waals surface area contributed by atoms with Crippen molar-refractivity contribution in [3.05, 3.63) is 0 Å². The van der Waals surface area contributed by atoms with Gasteiger partial charge in [-0.3, -0.25) is 4.79 Å². The SMILES string of the molecule is CC[C@@H]1OCC(=O)[C@H]1C.